The molecule has 0 saturated heterocycles. The highest BCUT2D eigenvalue weighted by Crippen LogP contribution is 2.32. The largest absolute Gasteiger partial charge is 0.388 e. The van der Waals surface area contributed by atoms with Crippen LogP contribution in [-0.2, 0) is 0 Å². The molecule has 0 radical (unpaired) electrons. The maximum Gasteiger partial charge on any atom is 0.124 e. The van der Waals surface area contributed by atoms with E-state index in [1.165, 1.54) is 25.1 Å². The first-order valence-electron chi connectivity index (χ1n) is 6.02. The molecule has 0 bridgehead atoms. The highest BCUT2D eigenvalue weighted by molar-refractivity contribution is 14.1. The molecule has 96 valence electrons. The quantitative estimate of drug-likeness (QED) is 0.639. The molecule has 0 aliphatic rings. The lowest BCUT2D eigenvalue weighted by Gasteiger charge is -2.05. The van der Waals surface area contributed by atoms with Gasteiger partial charge in [-0.25, -0.2) is 4.98 Å². The van der Waals surface area contributed by atoms with Crippen LogP contribution in [0.2, 0.25) is 0 Å². The van der Waals surface area contributed by atoms with Crippen molar-refractivity contribution >= 4 is 49.8 Å². The summed E-state index contributed by atoms with van der Waals surface area (Å²) in [4.78, 5) is 4.72. The van der Waals surface area contributed by atoms with Gasteiger partial charge >= 0.3 is 0 Å². The number of hydrogen-bond donors (Lipinski definition) is 1. The van der Waals surface area contributed by atoms with E-state index in [-0.39, 0.29) is 0 Å². The summed E-state index contributed by atoms with van der Waals surface area (Å²) in [6.07, 6.45) is 0. The van der Waals surface area contributed by atoms with Crippen molar-refractivity contribution in [3.63, 3.8) is 0 Å². The van der Waals surface area contributed by atoms with Gasteiger partial charge in [-0.2, -0.15) is 0 Å². The monoisotopic (exact) mass is 380 g/mol. The summed E-state index contributed by atoms with van der Waals surface area (Å²) < 4.78 is 2.50. The van der Waals surface area contributed by atoms with E-state index in [1.54, 1.807) is 11.3 Å². The van der Waals surface area contributed by atoms with Crippen LogP contribution in [-0.4, -0.2) is 12.0 Å². The van der Waals surface area contributed by atoms with E-state index in [4.69, 9.17) is 4.98 Å². The van der Waals surface area contributed by atoms with Crippen LogP contribution in [0.1, 0.15) is 5.56 Å². The molecular formula is C15H13IN2S. The van der Waals surface area contributed by atoms with E-state index in [0.717, 1.165) is 10.5 Å². The summed E-state index contributed by atoms with van der Waals surface area (Å²) in [6.45, 7) is 2.12. The summed E-state index contributed by atoms with van der Waals surface area (Å²) in [5.41, 5.74) is 4.68. The van der Waals surface area contributed by atoms with Crippen LogP contribution in [0.25, 0.3) is 20.8 Å². The number of anilines is 1. The lowest BCUT2D eigenvalue weighted by molar-refractivity contribution is 1.39. The van der Waals surface area contributed by atoms with Crippen molar-refractivity contribution in [2.24, 2.45) is 0 Å². The van der Waals surface area contributed by atoms with Crippen LogP contribution in [0.3, 0.4) is 0 Å². The van der Waals surface area contributed by atoms with Crippen molar-refractivity contribution < 1.29 is 0 Å². The Labute approximate surface area is 130 Å². The Kier molecular flexibility index (Phi) is 3.45. The zero-order chi connectivity index (χ0) is 13.4. The fraction of sp³-hybridized carbons (Fsp3) is 0.133. The molecule has 4 heteroatoms. The topological polar surface area (TPSA) is 24.9 Å². The average Bonchev–Trinajstić information content (AvgIpc) is 2.81. The second kappa shape index (κ2) is 5.09. The molecule has 0 saturated carbocycles. The Morgan fingerprint density at radius 3 is 2.74 bits per heavy atom. The molecule has 0 atom stereocenters. The van der Waals surface area contributed by atoms with Crippen molar-refractivity contribution in [2.45, 2.75) is 6.92 Å². The zero-order valence-electron chi connectivity index (χ0n) is 10.7. The van der Waals surface area contributed by atoms with Crippen LogP contribution in [0.5, 0.6) is 0 Å². The number of aromatic nitrogens is 1. The first-order valence-corrected chi connectivity index (χ1v) is 7.92. The fourth-order valence-corrected chi connectivity index (χ4v) is 3.80. The molecule has 2 nitrogen and oxygen atoms in total. The smallest absolute Gasteiger partial charge is 0.124 e. The van der Waals surface area contributed by atoms with Crippen LogP contribution in [0, 0.1) is 10.5 Å². The van der Waals surface area contributed by atoms with Crippen LogP contribution < -0.4 is 5.32 Å². The number of thiazole rings is 1. The van der Waals surface area contributed by atoms with E-state index in [1.807, 2.05) is 7.05 Å². The predicted molar refractivity (Wildman–Crippen MR) is 92.1 cm³/mol. The molecule has 0 amide bonds. The second-order valence-corrected chi connectivity index (χ2v) is 6.69. The van der Waals surface area contributed by atoms with Gasteiger partial charge in [0.05, 0.1) is 10.2 Å². The summed E-state index contributed by atoms with van der Waals surface area (Å²) in [7, 11) is 1.95. The van der Waals surface area contributed by atoms with Crippen molar-refractivity contribution in [2.75, 3.05) is 12.4 Å². The third kappa shape index (κ3) is 2.47. The maximum absolute atomic E-state index is 4.72. The number of benzene rings is 2. The second-order valence-electron chi connectivity index (χ2n) is 4.41. The molecule has 3 rings (SSSR count). The van der Waals surface area contributed by atoms with Gasteiger partial charge in [0.2, 0.25) is 0 Å². The predicted octanol–water partition coefficient (Wildman–Crippen LogP) is 4.92. The zero-order valence-corrected chi connectivity index (χ0v) is 13.7. The Morgan fingerprint density at radius 1 is 1.16 bits per heavy atom. The first-order chi connectivity index (χ1) is 9.17. The summed E-state index contributed by atoms with van der Waals surface area (Å²) >= 11 is 4.09. The van der Waals surface area contributed by atoms with E-state index in [2.05, 4.69) is 71.2 Å². The van der Waals surface area contributed by atoms with Gasteiger partial charge < -0.3 is 5.32 Å². The van der Waals surface area contributed by atoms with E-state index in [0.29, 0.717) is 0 Å². The number of halogens is 1. The minimum Gasteiger partial charge on any atom is -0.388 e. The summed E-state index contributed by atoms with van der Waals surface area (Å²) in [5, 5.41) is 4.28. The van der Waals surface area contributed by atoms with Crippen molar-refractivity contribution in [3.8, 4) is 10.6 Å². The number of fused-ring (bicyclic) bond motifs is 1. The molecule has 0 fully saturated rings. The Bertz CT molecular complexity index is 749. The number of nitrogens with one attached hydrogen (secondary N) is 1. The fourth-order valence-electron chi connectivity index (χ4n) is 2.10. The van der Waals surface area contributed by atoms with Gasteiger partial charge in [-0.3, -0.25) is 0 Å². The Balaban J connectivity index is 2.11. The molecule has 0 unspecified atom stereocenters. The lowest BCUT2D eigenvalue weighted by atomic mass is 10.1. The Hall–Kier alpha value is -1.14. The van der Waals surface area contributed by atoms with Gasteiger partial charge in [-0.15, -0.1) is 11.3 Å². The molecule has 3 aromatic rings. The Morgan fingerprint density at radius 2 is 2.00 bits per heavy atom. The summed E-state index contributed by atoms with van der Waals surface area (Å²) in [5.74, 6) is 0. The van der Waals surface area contributed by atoms with E-state index >= 15 is 0 Å². The highest BCUT2D eigenvalue weighted by Gasteiger charge is 2.07. The minimum atomic E-state index is 1.08. The number of hydrogen-bond acceptors (Lipinski definition) is 3. The molecule has 0 spiro atoms. The number of rotatable bonds is 2. The third-order valence-corrected chi connectivity index (χ3v) is 4.83. The first kappa shape index (κ1) is 12.9. The standard InChI is InChI=1S/C15H13IN2S/c1-9-7-10(3-5-12(9)17-2)15-18-13-6-4-11(16)8-14(13)19-15/h3-8,17H,1-2H3. The molecule has 0 aliphatic carbocycles. The molecule has 1 N–H and O–H groups in total. The van der Waals surface area contributed by atoms with Gasteiger partial charge in [0, 0.05) is 21.9 Å². The molecular weight excluding hydrogens is 367 g/mol. The van der Waals surface area contributed by atoms with Gasteiger partial charge in [-0.1, -0.05) is 0 Å². The summed E-state index contributed by atoms with van der Waals surface area (Å²) in [6, 6.07) is 12.8. The van der Waals surface area contributed by atoms with Gasteiger partial charge in [-0.05, 0) is 71.5 Å². The van der Waals surface area contributed by atoms with E-state index in [9.17, 15) is 0 Å². The lowest BCUT2D eigenvalue weighted by Crippen LogP contribution is -1.91. The minimum absolute atomic E-state index is 1.08. The highest BCUT2D eigenvalue weighted by atomic mass is 127. The number of nitrogens with zero attached hydrogens (tertiary/aromatic N) is 1. The normalized spacial score (nSPS) is 10.9. The van der Waals surface area contributed by atoms with Crippen LogP contribution in [0.4, 0.5) is 5.69 Å². The van der Waals surface area contributed by atoms with Crippen molar-refractivity contribution in [1.29, 1.82) is 0 Å². The molecule has 0 aliphatic heterocycles. The van der Waals surface area contributed by atoms with Gasteiger partial charge in [0.25, 0.3) is 0 Å². The SMILES string of the molecule is CNc1ccc(-c2nc3ccc(I)cc3s2)cc1C. The molecule has 2 aromatic carbocycles. The number of aryl methyl sites for hydroxylation is 1. The molecule has 1 aromatic heterocycles. The van der Waals surface area contributed by atoms with Crippen LogP contribution >= 0.6 is 33.9 Å². The van der Waals surface area contributed by atoms with Crippen molar-refractivity contribution in [3.05, 3.63) is 45.5 Å². The molecule has 19 heavy (non-hydrogen) atoms. The maximum atomic E-state index is 4.72. The van der Waals surface area contributed by atoms with Crippen LogP contribution in [0.15, 0.2) is 36.4 Å². The van der Waals surface area contributed by atoms with E-state index < -0.39 is 0 Å². The third-order valence-electron chi connectivity index (χ3n) is 3.09. The van der Waals surface area contributed by atoms with Gasteiger partial charge in [0.15, 0.2) is 0 Å². The van der Waals surface area contributed by atoms with Crippen molar-refractivity contribution in [1.82, 2.24) is 4.98 Å². The average molecular weight is 380 g/mol. The van der Waals surface area contributed by atoms with Gasteiger partial charge in [0.1, 0.15) is 5.01 Å². The molecule has 1 heterocycles.